The summed E-state index contributed by atoms with van der Waals surface area (Å²) in [7, 11) is 0. The number of nitrogens with one attached hydrogen (secondary N) is 1. The van der Waals surface area contributed by atoms with Crippen molar-refractivity contribution in [3.05, 3.63) is 58.9 Å². The molecule has 33 heavy (non-hydrogen) atoms. The Kier molecular flexibility index (Phi) is 5.94. The summed E-state index contributed by atoms with van der Waals surface area (Å²) < 4.78 is 21.3. The Morgan fingerprint density at radius 3 is 2.70 bits per heavy atom. The van der Waals surface area contributed by atoms with Crippen molar-refractivity contribution in [2.75, 3.05) is 19.6 Å². The van der Waals surface area contributed by atoms with Crippen molar-refractivity contribution in [3.63, 3.8) is 0 Å². The van der Waals surface area contributed by atoms with E-state index in [0.717, 1.165) is 68.4 Å². The van der Waals surface area contributed by atoms with Gasteiger partial charge in [0.1, 0.15) is 11.9 Å². The Labute approximate surface area is 196 Å². The summed E-state index contributed by atoms with van der Waals surface area (Å²) in [6, 6.07) is 11.5. The highest BCUT2D eigenvalue weighted by Gasteiger charge is 2.40. The topological polar surface area (TPSA) is 41.6 Å². The smallest absolute Gasteiger partial charge is 0.407 e. The van der Waals surface area contributed by atoms with Gasteiger partial charge in [-0.3, -0.25) is 4.90 Å². The average molecular weight is 451 g/mol. The van der Waals surface area contributed by atoms with E-state index in [1.54, 1.807) is 6.07 Å². The van der Waals surface area contributed by atoms with E-state index in [-0.39, 0.29) is 29.5 Å². The molecule has 3 fully saturated rings. The number of carbonyl (C=O) groups excluding carboxylic acids is 1. The van der Waals surface area contributed by atoms with Crippen LogP contribution in [0.4, 0.5) is 9.18 Å². The van der Waals surface area contributed by atoms with Crippen LogP contribution in [0.25, 0.3) is 11.1 Å². The molecule has 0 unspecified atom stereocenters. The van der Waals surface area contributed by atoms with Gasteiger partial charge in [-0.05, 0) is 90.9 Å². The van der Waals surface area contributed by atoms with Crippen LogP contribution >= 0.6 is 0 Å². The predicted octanol–water partition coefficient (Wildman–Crippen LogP) is 5.89. The van der Waals surface area contributed by atoms with Crippen LogP contribution in [0.1, 0.15) is 62.8 Å². The van der Waals surface area contributed by atoms with Crippen molar-refractivity contribution in [1.29, 1.82) is 0 Å². The zero-order valence-corrected chi connectivity index (χ0v) is 20.0. The number of amides is 1. The van der Waals surface area contributed by atoms with E-state index in [1.807, 2.05) is 18.2 Å². The Balaban J connectivity index is 1.39. The number of fused-ring (bicyclic) bond motifs is 4. The maximum atomic E-state index is 15.4. The highest BCUT2D eigenvalue weighted by atomic mass is 19.1. The van der Waals surface area contributed by atoms with Crippen LogP contribution in [0.2, 0.25) is 0 Å². The number of hydrogen-bond donors (Lipinski definition) is 1. The molecule has 4 aliphatic rings. The summed E-state index contributed by atoms with van der Waals surface area (Å²) in [5, 5.41) is 3.13. The van der Waals surface area contributed by atoms with Crippen LogP contribution in [0.5, 0.6) is 0 Å². The second-order valence-corrected chi connectivity index (χ2v) is 10.7. The number of hydrogen-bond acceptors (Lipinski definition) is 3. The number of alkyl carbamates (subject to hydrolysis) is 1. The summed E-state index contributed by atoms with van der Waals surface area (Å²) in [4.78, 5) is 15.3. The zero-order chi connectivity index (χ0) is 23.2. The standard InChI is InChI=1S/C28H35FN2O2/c1-4-18-6-5-7-20(14-18)22-15-21-8-11-28(2,3)26(23(21)16-24(22)29)30-27(32)33-25-17-31-12-9-19(25)10-13-31/h5-7,14-16,19,25-26H,4,8-13,17H2,1-3H3,(H,30,32)/t25-,26-/m0/s1. The fourth-order valence-electron chi connectivity index (χ4n) is 5.93. The van der Waals surface area contributed by atoms with Crippen LogP contribution in [0, 0.1) is 17.2 Å². The molecule has 176 valence electrons. The fourth-order valence-corrected chi connectivity index (χ4v) is 5.93. The molecule has 3 aliphatic heterocycles. The highest BCUT2D eigenvalue weighted by Crippen LogP contribution is 2.45. The third kappa shape index (κ3) is 4.40. The molecule has 0 saturated carbocycles. The van der Waals surface area contributed by atoms with Crippen LogP contribution in [0.3, 0.4) is 0 Å². The molecule has 6 rings (SSSR count). The van der Waals surface area contributed by atoms with Gasteiger partial charge in [0.25, 0.3) is 0 Å². The molecule has 4 nitrogen and oxygen atoms in total. The second kappa shape index (κ2) is 8.75. The number of nitrogens with zero attached hydrogens (tertiary/aromatic N) is 1. The van der Waals surface area contributed by atoms with Crippen LogP contribution in [-0.2, 0) is 17.6 Å². The van der Waals surface area contributed by atoms with Crippen molar-refractivity contribution in [1.82, 2.24) is 10.2 Å². The lowest BCUT2D eigenvalue weighted by molar-refractivity contribution is -0.0353. The summed E-state index contributed by atoms with van der Waals surface area (Å²) >= 11 is 0. The predicted molar refractivity (Wildman–Crippen MR) is 129 cm³/mol. The van der Waals surface area contributed by atoms with Crippen molar-refractivity contribution < 1.29 is 13.9 Å². The van der Waals surface area contributed by atoms with Gasteiger partial charge in [-0.2, -0.15) is 0 Å². The monoisotopic (exact) mass is 450 g/mol. The largest absolute Gasteiger partial charge is 0.445 e. The summed E-state index contributed by atoms with van der Waals surface area (Å²) in [5.41, 5.74) is 4.55. The SMILES string of the molecule is CCc1cccc(-c2cc3c(cc2F)[C@H](NC(=O)O[C@H]2CN4CCC2CC4)C(C)(C)CC3)c1. The zero-order valence-electron chi connectivity index (χ0n) is 20.0. The summed E-state index contributed by atoms with van der Waals surface area (Å²) in [6.07, 6.45) is 4.50. The van der Waals surface area contributed by atoms with Gasteiger partial charge >= 0.3 is 6.09 Å². The molecule has 2 atom stereocenters. The van der Waals surface area contributed by atoms with Crippen molar-refractivity contribution in [2.45, 2.75) is 65.0 Å². The third-order valence-electron chi connectivity index (χ3n) is 8.12. The molecular weight excluding hydrogens is 415 g/mol. The number of piperidine rings is 3. The van der Waals surface area contributed by atoms with Gasteiger partial charge in [0, 0.05) is 12.1 Å². The van der Waals surface area contributed by atoms with Gasteiger partial charge in [-0.1, -0.05) is 45.0 Å². The molecule has 0 radical (unpaired) electrons. The minimum Gasteiger partial charge on any atom is -0.445 e. The van der Waals surface area contributed by atoms with Gasteiger partial charge in [-0.25, -0.2) is 9.18 Å². The highest BCUT2D eigenvalue weighted by molar-refractivity contribution is 5.70. The Bertz CT molecular complexity index is 1040. The summed E-state index contributed by atoms with van der Waals surface area (Å²) in [6.45, 7) is 9.44. The third-order valence-corrected chi connectivity index (χ3v) is 8.12. The van der Waals surface area contributed by atoms with E-state index in [2.05, 4.69) is 43.1 Å². The maximum Gasteiger partial charge on any atom is 0.407 e. The molecule has 3 saturated heterocycles. The number of rotatable bonds is 4. The van der Waals surface area contributed by atoms with Gasteiger partial charge < -0.3 is 10.1 Å². The van der Waals surface area contributed by atoms with E-state index < -0.39 is 0 Å². The molecule has 2 bridgehead atoms. The minimum atomic E-state index is -0.375. The Morgan fingerprint density at radius 1 is 1.21 bits per heavy atom. The molecule has 2 aromatic rings. The number of benzene rings is 2. The Hall–Kier alpha value is -2.40. The first kappa shape index (κ1) is 22.4. The Morgan fingerprint density at radius 2 is 2.00 bits per heavy atom. The molecule has 0 aromatic heterocycles. The van der Waals surface area contributed by atoms with E-state index >= 15 is 4.39 Å². The van der Waals surface area contributed by atoms with Crippen LogP contribution < -0.4 is 5.32 Å². The van der Waals surface area contributed by atoms with E-state index in [0.29, 0.717) is 11.5 Å². The quantitative estimate of drug-likeness (QED) is 0.632. The first-order chi connectivity index (χ1) is 15.8. The minimum absolute atomic E-state index is 0.0383. The maximum absolute atomic E-state index is 15.4. The molecule has 1 amide bonds. The summed E-state index contributed by atoms with van der Waals surface area (Å²) in [5.74, 6) is 0.226. The van der Waals surface area contributed by atoms with Gasteiger partial charge in [-0.15, -0.1) is 0 Å². The number of aryl methyl sites for hydroxylation is 2. The van der Waals surface area contributed by atoms with Crippen LogP contribution in [-0.4, -0.2) is 36.7 Å². The van der Waals surface area contributed by atoms with E-state index in [1.165, 1.54) is 5.56 Å². The molecule has 0 spiro atoms. The normalized spacial score (nSPS) is 27.6. The molecule has 5 heteroatoms. The number of carbonyl (C=O) groups is 1. The molecule has 2 aromatic carbocycles. The van der Waals surface area contributed by atoms with Crippen molar-refractivity contribution in [2.24, 2.45) is 11.3 Å². The lowest BCUT2D eigenvalue weighted by Gasteiger charge is -2.44. The first-order valence-corrected chi connectivity index (χ1v) is 12.4. The molecular formula is C28H35FN2O2. The lowest BCUT2D eigenvalue weighted by Crippen LogP contribution is -2.53. The van der Waals surface area contributed by atoms with E-state index in [9.17, 15) is 4.79 Å². The van der Waals surface area contributed by atoms with E-state index in [4.69, 9.17) is 4.74 Å². The van der Waals surface area contributed by atoms with Crippen molar-refractivity contribution >= 4 is 6.09 Å². The van der Waals surface area contributed by atoms with Crippen molar-refractivity contribution in [3.8, 4) is 11.1 Å². The fraction of sp³-hybridized carbons (Fsp3) is 0.536. The number of ether oxygens (including phenoxy) is 1. The average Bonchev–Trinajstić information content (AvgIpc) is 2.81. The lowest BCUT2D eigenvalue weighted by atomic mass is 9.70. The van der Waals surface area contributed by atoms with Gasteiger partial charge in [0.05, 0.1) is 6.04 Å². The number of halogens is 1. The van der Waals surface area contributed by atoms with Gasteiger partial charge in [0.15, 0.2) is 0 Å². The van der Waals surface area contributed by atoms with Crippen LogP contribution in [0.15, 0.2) is 36.4 Å². The second-order valence-electron chi connectivity index (χ2n) is 10.7. The first-order valence-electron chi connectivity index (χ1n) is 12.4. The molecule has 1 N–H and O–H groups in total. The molecule has 1 aliphatic carbocycles. The van der Waals surface area contributed by atoms with Gasteiger partial charge in [0.2, 0.25) is 0 Å². The molecule has 3 heterocycles.